The van der Waals surface area contributed by atoms with Gasteiger partial charge >= 0.3 is 6.18 Å². The van der Waals surface area contributed by atoms with Crippen LogP contribution in [-0.4, -0.2) is 15.7 Å². The van der Waals surface area contributed by atoms with Gasteiger partial charge in [0.15, 0.2) is 5.69 Å². The predicted molar refractivity (Wildman–Crippen MR) is 88.0 cm³/mol. The van der Waals surface area contributed by atoms with Crippen molar-refractivity contribution < 1.29 is 26.7 Å². The molecule has 1 heterocycles. The Morgan fingerprint density at radius 2 is 1.74 bits per heavy atom. The summed E-state index contributed by atoms with van der Waals surface area (Å²) >= 11 is 0. The molecule has 3 rings (SSSR count). The van der Waals surface area contributed by atoms with Gasteiger partial charge in [0.2, 0.25) is 0 Å². The van der Waals surface area contributed by atoms with Crippen molar-refractivity contribution in [3.8, 4) is 11.3 Å². The molecule has 0 radical (unpaired) electrons. The first-order valence-corrected chi connectivity index (χ1v) is 7.64. The first kappa shape index (κ1) is 18.6. The molecule has 0 atom stereocenters. The number of aromatic nitrogens is 2. The minimum Gasteiger partial charge on any atom is -0.322 e. The van der Waals surface area contributed by atoms with Gasteiger partial charge < -0.3 is 5.32 Å². The lowest BCUT2D eigenvalue weighted by Crippen LogP contribution is -2.13. The minimum atomic E-state index is -4.65. The standard InChI is InChI=1S/C18H12F5N3O/c1-26-15(9-16(25-26)18(21,22)23)11-7-6-10(8-14(11)20)24-17(27)12-4-2-3-5-13(12)19/h2-9H,1H3,(H,24,27). The quantitative estimate of drug-likeness (QED) is 0.672. The second-order valence-corrected chi connectivity index (χ2v) is 5.66. The molecule has 2 aromatic carbocycles. The zero-order valence-electron chi connectivity index (χ0n) is 13.8. The van der Waals surface area contributed by atoms with Crippen molar-refractivity contribution in [2.24, 2.45) is 7.05 Å². The van der Waals surface area contributed by atoms with Crippen molar-refractivity contribution in [3.63, 3.8) is 0 Å². The number of nitrogens with zero attached hydrogens (tertiary/aromatic N) is 2. The Bertz CT molecular complexity index is 1010. The monoisotopic (exact) mass is 381 g/mol. The highest BCUT2D eigenvalue weighted by Crippen LogP contribution is 2.32. The van der Waals surface area contributed by atoms with Crippen molar-refractivity contribution in [2.75, 3.05) is 5.32 Å². The summed E-state index contributed by atoms with van der Waals surface area (Å²) in [4.78, 5) is 12.1. The zero-order chi connectivity index (χ0) is 19.8. The number of hydrogen-bond donors (Lipinski definition) is 1. The molecule has 27 heavy (non-hydrogen) atoms. The molecule has 4 nitrogen and oxygen atoms in total. The van der Waals surface area contributed by atoms with E-state index in [1.807, 2.05) is 0 Å². The number of aryl methyl sites for hydroxylation is 1. The SMILES string of the molecule is Cn1nc(C(F)(F)F)cc1-c1ccc(NC(=O)c2ccccc2F)cc1F. The lowest BCUT2D eigenvalue weighted by Gasteiger charge is -2.09. The second kappa shape index (κ2) is 6.82. The van der Waals surface area contributed by atoms with Crippen LogP contribution >= 0.6 is 0 Å². The Balaban J connectivity index is 1.88. The molecule has 0 spiro atoms. The Hall–Kier alpha value is -3.23. The third kappa shape index (κ3) is 3.81. The van der Waals surface area contributed by atoms with E-state index in [-0.39, 0.29) is 22.5 Å². The van der Waals surface area contributed by atoms with Gasteiger partial charge in [0, 0.05) is 18.3 Å². The van der Waals surface area contributed by atoms with Crippen LogP contribution in [0.3, 0.4) is 0 Å². The Morgan fingerprint density at radius 3 is 2.33 bits per heavy atom. The molecule has 0 unspecified atom stereocenters. The summed E-state index contributed by atoms with van der Waals surface area (Å²) in [6.45, 7) is 0. The van der Waals surface area contributed by atoms with E-state index in [2.05, 4.69) is 10.4 Å². The molecule has 0 aliphatic carbocycles. The fraction of sp³-hybridized carbons (Fsp3) is 0.111. The first-order valence-electron chi connectivity index (χ1n) is 7.64. The fourth-order valence-corrected chi connectivity index (χ4v) is 2.50. The second-order valence-electron chi connectivity index (χ2n) is 5.66. The number of carbonyl (C=O) groups excluding carboxylic acids is 1. The summed E-state index contributed by atoms with van der Waals surface area (Å²) in [5.74, 6) is -2.38. The van der Waals surface area contributed by atoms with E-state index in [0.717, 1.165) is 22.9 Å². The van der Waals surface area contributed by atoms with Crippen molar-refractivity contribution >= 4 is 11.6 Å². The molecule has 0 aliphatic heterocycles. The van der Waals surface area contributed by atoms with Crippen molar-refractivity contribution in [2.45, 2.75) is 6.18 Å². The van der Waals surface area contributed by atoms with Crippen LogP contribution in [0.15, 0.2) is 48.5 Å². The molecule has 0 bridgehead atoms. The van der Waals surface area contributed by atoms with Gasteiger partial charge in [-0.2, -0.15) is 18.3 Å². The van der Waals surface area contributed by atoms with Gasteiger partial charge in [0.25, 0.3) is 5.91 Å². The van der Waals surface area contributed by atoms with Crippen LogP contribution in [0, 0.1) is 11.6 Å². The third-order valence-corrected chi connectivity index (χ3v) is 3.79. The van der Waals surface area contributed by atoms with Crippen LogP contribution in [0.2, 0.25) is 0 Å². The number of amides is 1. The summed E-state index contributed by atoms with van der Waals surface area (Å²) in [5.41, 5.74) is -1.53. The highest BCUT2D eigenvalue weighted by Gasteiger charge is 2.35. The number of anilines is 1. The van der Waals surface area contributed by atoms with E-state index >= 15 is 0 Å². The molecule has 1 amide bonds. The molecule has 0 aliphatic rings. The summed E-state index contributed by atoms with van der Waals surface area (Å²) < 4.78 is 67.2. The summed E-state index contributed by atoms with van der Waals surface area (Å²) in [6, 6.07) is 9.46. The topological polar surface area (TPSA) is 46.9 Å². The molecule has 140 valence electrons. The maximum absolute atomic E-state index is 14.4. The molecule has 3 aromatic rings. The van der Waals surface area contributed by atoms with Gasteiger partial charge in [0.05, 0.1) is 11.3 Å². The van der Waals surface area contributed by atoms with Gasteiger partial charge in [-0.25, -0.2) is 8.78 Å². The average molecular weight is 381 g/mol. The van der Waals surface area contributed by atoms with Gasteiger partial charge in [0.1, 0.15) is 11.6 Å². The van der Waals surface area contributed by atoms with Crippen LogP contribution in [0.4, 0.5) is 27.6 Å². The first-order chi connectivity index (χ1) is 12.7. The maximum Gasteiger partial charge on any atom is 0.435 e. The van der Waals surface area contributed by atoms with Crippen LogP contribution < -0.4 is 5.32 Å². The summed E-state index contributed by atoms with van der Waals surface area (Å²) in [7, 11) is 1.26. The number of alkyl halides is 3. The number of hydrogen-bond acceptors (Lipinski definition) is 2. The molecular formula is C18H12F5N3O. The van der Waals surface area contributed by atoms with Crippen LogP contribution in [0.5, 0.6) is 0 Å². The number of carbonyl (C=O) groups is 1. The van der Waals surface area contributed by atoms with E-state index in [1.165, 1.54) is 37.4 Å². The molecule has 0 saturated heterocycles. The van der Waals surface area contributed by atoms with Gasteiger partial charge in [-0.15, -0.1) is 0 Å². The number of rotatable bonds is 3. The Morgan fingerprint density at radius 1 is 1.04 bits per heavy atom. The highest BCUT2D eigenvalue weighted by atomic mass is 19.4. The fourth-order valence-electron chi connectivity index (χ4n) is 2.50. The van der Waals surface area contributed by atoms with Gasteiger partial charge in [-0.3, -0.25) is 9.48 Å². The molecule has 9 heteroatoms. The number of halogens is 5. The van der Waals surface area contributed by atoms with E-state index in [9.17, 15) is 26.7 Å². The minimum absolute atomic E-state index is 0.0303. The number of nitrogens with one attached hydrogen (secondary N) is 1. The van der Waals surface area contributed by atoms with E-state index in [0.29, 0.717) is 0 Å². The van der Waals surface area contributed by atoms with Crippen LogP contribution in [0.25, 0.3) is 11.3 Å². The maximum atomic E-state index is 14.4. The van der Waals surface area contributed by atoms with Crippen LogP contribution in [-0.2, 0) is 13.2 Å². The zero-order valence-corrected chi connectivity index (χ0v) is 13.8. The number of benzene rings is 2. The normalized spacial score (nSPS) is 11.5. The van der Waals surface area contributed by atoms with E-state index in [1.54, 1.807) is 0 Å². The van der Waals surface area contributed by atoms with E-state index in [4.69, 9.17) is 0 Å². The van der Waals surface area contributed by atoms with Crippen molar-refractivity contribution in [3.05, 3.63) is 71.4 Å². The molecule has 0 saturated carbocycles. The largest absolute Gasteiger partial charge is 0.435 e. The molecule has 1 N–H and O–H groups in total. The van der Waals surface area contributed by atoms with Gasteiger partial charge in [-0.1, -0.05) is 12.1 Å². The van der Waals surface area contributed by atoms with Crippen LogP contribution in [0.1, 0.15) is 16.1 Å². The predicted octanol–water partition coefficient (Wildman–Crippen LogP) is 4.64. The highest BCUT2D eigenvalue weighted by molar-refractivity contribution is 6.04. The summed E-state index contributed by atoms with van der Waals surface area (Å²) in [6.07, 6.45) is -4.65. The lowest BCUT2D eigenvalue weighted by atomic mass is 10.1. The molecule has 1 aromatic heterocycles. The van der Waals surface area contributed by atoms with E-state index < -0.39 is 29.4 Å². The van der Waals surface area contributed by atoms with Crippen molar-refractivity contribution in [1.29, 1.82) is 0 Å². The summed E-state index contributed by atoms with van der Waals surface area (Å²) in [5, 5.41) is 5.67. The van der Waals surface area contributed by atoms with Crippen molar-refractivity contribution in [1.82, 2.24) is 9.78 Å². The molecule has 0 fully saturated rings. The Kier molecular flexibility index (Phi) is 4.69. The lowest BCUT2D eigenvalue weighted by molar-refractivity contribution is -0.141. The molecular weight excluding hydrogens is 369 g/mol. The third-order valence-electron chi connectivity index (χ3n) is 3.79. The van der Waals surface area contributed by atoms with Gasteiger partial charge in [-0.05, 0) is 36.4 Å². The smallest absolute Gasteiger partial charge is 0.322 e. The average Bonchev–Trinajstić information content (AvgIpc) is 2.97. The Labute approximate surface area is 150 Å².